The fourth-order valence-electron chi connectivity index (χ4n) is 5.10. The smallest absolute Gasteiger partial charge is 0.184 e. The molecule has 0 saturated heterocycles. The van der Waals surface area contributed by atoms with Gasteiger partial charge in [0.25, 0.3) is 0 Å². The van der Waals surface area contributed by atoms with Gasteiger partial charge in [-0.15, -0.1) is 5.10 Å². The van der Waals surface area contributed by atoms with E-state index in [1.54, 1.807) is 0 Å². The first-order valence-electron chi connectivity index (χ1n) is 12.3. The van der Waals surface area contributed by atoms with E-state index in [0.29, 0.717) is 5.82 Å². The maximum absolute atomic E-state index is 4.69. The molecule has 0 atom stereocenters. The van der Waals surface area contributed by atoms with Gasteiger partial charge in [-0.2, -0.15) is 0 Å². The highest BCUT2D eigenvalue weighted by Crippen LogP contribution is 2.43. The molecule has 0 N–H and O–H groups in total. The van der Waals surface area contributed by atoms with Crippen LogP contribution in [0.25, 0.3) is 22.5 Å². The van der Waals surface area contributed by atoms with Crippen molar-refractivity contribution in [2.24, 2.45) is 0 Å². The summed E-state index contributed by atoms with van der Waals surface area (Å²) in [5, 5.41) is 13.6. The van der Waals surface area contributed by atoms with Crippen LogP contribution in [0.15, 0.2) is 140 Å². The molecular weight excluding hydrogens is 452 g/mol. The van der Waals surface area contributed by atoms with Crippen molar-refractivity contribution in [2.75, 3.05) is 0 Å². The Labute approximate surface area is 216 Å². The molecule has 0 aliphatic rings. The quantitative estimate of drug-likeness (QED) is 0.242. The zero-order chi connectivity index (χ0) is 25.1. The zero-order valence-corrected chi connectivity index (χ0v) is 20.3. The molecule has 0 fully saturated rings. The van der Waals surface area contributed by atoms with Gasteiger partial charge >= 0.3 is 0 Å². The highest BCUT2D eigenvalue weighted by molar-refractivity contribution is 5.81. The molecule has 37 heavy (non-hydrogen) atoms. The van der Waals surface area contributed by atoms with Crippen LogP contribution in [-0.2, 0) is 5.54 Å². The van der Waals surface area contributed by atoms with E-state index in [-0.39, 0.29) is 0 Å². The summed E-state index contributed by atoms with van der Waals surface area (Å²) in [7, 11) is 0. The van der Waals surface area contributed by atoms with E-state index in [2.05, 4.69) is 120 Å². The average molecular weight is 478 g/mol. The monoisotopic (exact) mass is 477 g/mol. The molecule has 6 aromatic rings. The molecule has 1 aromatic heterocycles. The second-order valence-electron chi connectivity index (χ2n) is 8.97. The van der Waals surface area contributed by atoms with E-state index >= 15 is 0 Å². The van der Waals surface area contributed by atoms with E-state index in [9.17, 15) is 0 Å². The maximum Gasteiger partial charge on any atom is 0.184 e. The van der Waals surface area contributed by atoms with Crippen LogP contribution in [0.1, 0.15) is 22.3 Å². The molecule has 0 bridgehead atoms. The third-order valence-electron chi connectivity index (χ3n) is 6.79. The Balaban J connectivity index is 1.69. The lowest BCUT2D eigenvalue weighted by Gasteiger charge is -2.36. The third kappa shape index (κ3) is 3.93. The first-order chi connectivity index (χ1) is 18.3. The average Bonchev–Trinajstić information content (AvgIpc) is 3.46. The fraction of sp³-hybridized carbons (Fsp3) is 0.0303. The van der Waals surface area contributed by atoms with Crippen LogP contribution in [-0.4, -0.2) is 20.2 Å². The summed E-state index contributed by atoms with van der Waals surface area (Å²) >= 11 is 0. The van der Waals surface area contributed by atoms with Crippen molar-refractivity contribution in [3.63, 3.8) is 0 Å². The SMILES string of the molecule is [CH2]c1ccc(-c2ccccc2-c2nnnn2C(c2ccccc2)(c2ccccc2)c2ccccc2)cc1. The topological polar surface area (TPSA) is 43.6 Å². The minimum atomic E-state index is -0.799. The predicted octanol–water partition coefficient (Wildman–Crippen LogP) is 7.03. The summed E-state index contributed by atoms with van der Waals surface area (Å²) in [4.78, 5) is 0. The molecule has 1 heterocycles. The number of aromatic nitrogens is 4. The summed E-state index contributed by atoms with van der Waals surface area (Å²) < 4.78 is 1.97. The molecule has 0 aliphatic heterocycles. The lowest BCUT2D eigenvalue weighted by Crippen LogP contribution is -2.39. The van der Waals surface area contributed by atoms with Crippen LogP contribution < -0.4 is 0 Å². The molecule has 0 saturated carbocycles. The van der Waals surface area contributed by atoms with Gasteiger partial charge in [-0.1, -0.05) is 140 Å². The van der Waals surface area contributed by atoms with Gasteiger partial charge in [-0.25, -0.2) is 4.68 Å². The number of tetrazole rings is 1. The van der Waals surface area contributed by atoms with Crippen molar-refractivity contribution in [2.45, 2.75) is 5.54 Å². The molecule has 1 radical (unpaired) electrons. The first kappa shape index (κ1) is 22.6. The van der Waals surface area contributed by atoms with E-state index in [0.717, 1.165) is 38.9 Å². The summed E-state index contributed by atoms with van der Waals surface area (Å²) in [5.41, 5.74) is 6.48. The zero-order valence-electron chi connectivity index (χ0n) is 20.3. The summed E-state index contributed by atoms with van der Waals surface area (Å²) in [6.45, 7) is 4.04. The summed E-state index contributed by atoms with van der Waals surface area (Å²) in [6, 6.07) is 47.9. The van der Waals surface area contributed by atoms with E-state index in [1.807, 2.05) is 47.1 Å². The number of hydrogen-bond donors (Lipinski definition) is 0. The Morgan fingerprint density at radius 3 is 1.49 bits per heavy atom. The van der Waals surface area contributed by atoms with E-state index in [4.69, 9.17) is 0 Å². The van der Waals surface area contributed by atoms with Crippen LogP contribution in [0, 0.1) is 6.92 Å². The Kier molecular flexibility index (Phi) is 5.91. The van der Waals surface area contributed by atoms with Crippen molar-refractivity contribution in [1.82, 2.24) is 20.2 Å². The van der Waals surface area contributed by atoms with Gasteiger partial charge in [-0.3, -0.25) is 0 Å². The summed E-state index contributed by atoms with van der Waals surface area (Å²) in [6.07, 6.45) is 0. The normalized spacial score (nSPS) is 11.4. The van der Waals surface area contributed by atoms with Gasteiger partial charge in [-0.05, 0) is 50.7 Å². The number of rotatable bonds is 6. The summed E-state index contributed by atoms with van der Waals surface area (Å²) in [5.74, 6) is 0.686. The fourth-order valence-corrected chi connectivity index (χ4v) is 5.10. The molecule has 4 heteroatoms. The van der Waals surface area contributed by atoms with Crippen molar-refractivity contribution >= 4 is 0 Å². The van der Waals surface area contributed by atoms with Gasteiger partial charge < -0.3 is 0 Å². The van der Waals surface area contributed by atoms with Crippen LogP contribution >= 0.6 is 0 Å². The Morgan fingerprint density at radius 1 is 0.514 bits per heavy atom. The lowest BCUT2D eigenvalue weighted by molar-refractivity contribution is 0.451. The number of nitrogens with zero attached hydrogens (tertiary/aromatic N) is 4. The molecule has 0 amide bonds. The molecule has 4 nitrogen and oxygen atoms in total. The largest absolute Gasteiger partial charge is 0.205 e. The van der Waals surface area contributed by atoms with E-state index < -0.39 is 5.54 Å². The number of benzene rings is 5. The predicted molar refractivity (Wildman–Crippen MR) is 148 cm³/mol. The Hall–Kier alpha value is -4.83. The van der Waals surface area contributed by atoms with Gasteiger partial charge in [0.15, 0.2) is 5.82 Å². The second kappa shape index (κ2) is 9.67. The van der Waals surface area contributed by atoms with Crippen molar-refractivity contribution < 1.29 is 0 Å². The minimum absolute atomic E-state index is 0.686. The van der Waals surface area contributed by atoms with Crippen LogP contribution in [0.2, 0.25) is 0 Å². The van der Waals surface area contributed by atoms with Crippen LogP contribution in [0.3, 0.4) is 0 Å². The molecule has 6 rings (SSSR count). The minimum Gasteiger partial charge on any atom is -0.205 e. The Bertz CT molecular complexity index is 1510. The lowest BCUT2D eigenvalue weighted by atomic mass is 9.77. The Morgan fingerprint density at radius 2 is 0.973 bits per heavy atom. The van der Waals surface area contributed by atoms with E-state index in [1.165, 1.54) is 0 Å². The highest BCUT2D eigenvalue weighted by Gasteiger charge is 2.42. The second-order valence-corrected chi connectivity index (χ2v) is 8.97. The van der Waals surface area contributed by atoms with Gasteiger partial charge in [0.1, 0.15) is 5.54 Å². The van der Waals surface area contributed by atoms with Crippen molar-refractivity contribution in [1.29, 1.82) is 0 Å². The molecule has 0 unspecified atom stereocenters. The van der Waals surface area contributed by atoms with Crippen molar-refractivity contribution in [3.05, 3.63) is 169 Å². The van der Waals surface area contributed by atoms with Gasteiger partial charge in [0.2, 0.25) is 0 Å². The van der Waals surface area contributed by atoms with Gasteiger partial charge in [0, 0.05) is 5.56 Å². The maximum atomic E-state index is 4.69. The number of hydrogen-bond acceptors (Lipinski definition) is 3. The third-order valence-corrected chi connectivity index (χ3v) is 6.79. The molecular formula is C33H25N4. The molecule has 0 spiro atoms. The molecule has 0 aliphatic carbocycles. The van der Waals surface area contributed by atoms with Crippen molar-refractivity contribution in [3.8, 4) is 22.5 Å². The van der Waals surface area contributed by atoms with Crippen LogP contribution in [0.5, 0.6) is 0 Å². The molecule has 177 valence electrons. The standard InChI is InChI=1S/C33H25N4/c1-25-21-23-26(24-22-25)30-19-11-12-20-31(30)32-34-35-36-37(32)33(27-13-5-2-6-14-27,28-15-7-3-8-16-28)29-17-9-4-10-18-29/h2-24H,1H2. The van der Waals surface area contributed by atoms with Crippen LogP contribution in [0.4, 0.5) is 0 Å². The van der Waals surface area contributed by atoms with Gasteiger partial charge in [0.05, 0.1) is 0 Å². The highest BCUT2D eigenvalue weighted by atomic mass is 15.6. The molecule has 5 aromatic carbocycles. The first-order valence-corrected chi connectivity index (χ1v) is 12.3.